The van der Waals surface area contributed by atoms with Gasteiger partial charge in [0.2, 0.25) is 0 Å². The summed E-state index contributed by atoms with van der Waals surface area (Å²) in [5.41, 5.74) is 4.87. The zero-order chi connectivity index (χ0) is 26.1. The normalized spacial score (nSPS) is 15.8. The van der Waals surface area contributed by atoms with Crippen molar-refractivity contribution in [1.29, 1.82) is 0 Å². The van der Waals surface area contributed by atoms with Gasteiger partial charge in [-0.2, -0.15) is 0 Å². The van der Waals surface area contributed by atoms with Crippen molar-refractivity contribution >= 4 is 28.8 Å². The van der Waals surface area contributed by atoms with Gasteiger partial charge in [-0.15, -0.1) is 0 Å². The molecular formula is C29H29N3O5. The van der Waals surface area contributed by atoms with Gasteiger partial charge in [0.05, 0.1) is 42.5 Å². The summed E-state index contributed by atoms with van der Waals surface area (Å²) in [6.45, 7) is 2.00. The largest absolute Gasteiger partial charge is 0.497 e. The number of aromatic nitrogens is 2. The van der Waals surface area contributed by atoms with Crippen LogP contribution in [0.5, 0.6) is 5.75 Å². The van der Waals surface area contributed by atoms with E-state index in [9.17, 15) is 14.7 Å². The third kappa shape index (κ3) is 4.39. The molecule has 0 bridgehead atoms. The van der Waals surface area contributed by atoms with Crippen LogP contribution < -0.4 is 9.64 Å². The first kappa shape index (κ1) is 24.4. The summed E-state index contributed by atoms with van der Waals surface area (Å²) in [4.78, 5) is 31.7. The van der Waals surface area contributed by atoms with Crippen molar-refractivity contribution in [2.24, 2.45) is 0 Å². The van der Waals surface area contributed by atoms with Crippen LogP contribution in [-0.4, -0.2) is 47.0 Å². The van der Waals surface area contributed by atoms with E-state index in [1.54, 1.807) is 12.0 Å². The van der Waals surface area contributed by atoms with Crippen LogP contribution in [0.1, 0.15) is 36.2 Å². The number of ether oxygens (including phenoxy) is 2. The Kier molecular flexibility index (Phi) is 6.56. The van der Waals surface area contributed by atoms with Crippen molar-refractivity contribution in [3.8, 4) is 11.4 Å². The highest BCUT2D eigenvalue weighted by Crippen LogP contribution is 2.38. The number of nitrogens with zero attached hydrogens (tertiary/aromatic N) is 3. The minimum absolute atomic E-state index is 0.00758. The lowest BCUT2D eigenvalue weighted by Gasteiger charge is -2.34. The number of carboxylic acids is 1. The number of amides is 1. The first-order valence-electron chi connectivity index (χ1n) is 12.3. The fourth-order valence-electron chi connectivity index (χ4n) is 5.20. The highest BCUT2D eigenvalue weighted by molar-refractivity contribution is 5.96. The molecule has 0 unspecified atom stereocenters. The van der Waals surface area contributed by atoms with Crippen molar-refractivity contribution in [1.82, 2.24) is 9.55 Å². The minimum atomic E-state index is -0.914. The Balaban J connectivity index is 1.72. The van der Waals surface area contributed by atoms with Crippen molar-refractivity contribution in [3.05, 3.63) is 83.7 Å². The van der Waals surface area contributed by atoms with Crippen LogP contribution in [0.4, 0.5) is 10.5 Å². The van der Waals surface area contributed by atoms with Crippen LogP contribution in [0.15, 0.2) is 66.7 Å². The van der Waals surface area contributed by atoms with Crippen LogP contribution >= 0.6 is 0 Å². The van der Waals surface area contributed by atoms with Gasteiger partial charge in [0.15, 0.2) is 0 Å². The van der Waals surface area contributed by atoms with Gasteiger partial charge < -0.3 is 14.6 Å². The fraction of sp³-hybridized carbons (Fsp3) is 0.276. The molecule has 2 heterocycles. The van der Waals surface area contributed by atoms with Crippen molar-refractivity contribution < 1.29 is 24.2 Å². The first-order chi connectivity index (χ1) is 17.9. The summed E-state index contributed by atoms with van der Waals surface area (Å²) < 4.78 is 12.5. The third-order valence-electron chi connectivity index (χ3n) is 7.06. The number of imidazole rings is 1. The lowest BCUT2D eigenvalue weighted by Crippen LogP contribution is -2.42. The Morgan fingerprint density at radius 2 is 1.86 bits per heavy atom. The lowest BCUT2D eigenvalue weighted by atomic mass is 9.95. The number of aliphatic carboxylic acids is 1. The molecule has 2 atom stereocenters. The second-order valence-corrected chi connectivity index (χ2v) is 9.23. The van der Waals surface area contributed by atoms with E-state index >= 15 is 0 Å². The number of carbonyl (C=O) groups excluding carboxylic acids is 1. The Bertz CT molecular complexity index is 1460. The van der Waals surface area contributed by atoms with Gasteiger partial charge in [0.1, 0.15) is 11.6 Å². The van der Waals surface area contributed by atoms with E-state index in [1.807, 2.05) is 78.2 Å². The molecular weight excluding hydrogens is 470 g/mol. The molecule has 37 heavy (non-hydrogen) atoms. The second kappa shape index (κ2) is 9.97. The number of anilines is 1. The van der Waals surface area contributed by atoms with Gasteiger partial charge in [0, 0.05) is 24.1 Å². The summed E-state index contributed by atoms with van der Waals surface area (Å²) in [6.07, 6.45) is 1.30. The molecule has 0 fully saturated rings. The summed E-state index contributed by atoms with van der Waals surface area (Å²) >= 11 is 0. The molecule has 0 aliphatic carbocycles. The highest BCUT2D eigenvalue weighted by Gasteiger charge is 2.32. The second-order valence-electron chi connectivity index (χ2n) is 9.23. The van der Waals surface area contributed by atoms with Crippen molar-refractivity contribution in [2.45, 2.75) is 38.1 Å². The molecule has 1 aromatic heterocycles. The fourth-order valence-corrected chi connectivity index (χ4v) is 5.20. The van der Waals surface area contributed by atoms with E-state index in [0.717, 1.165) is 40.8 Å². The third-order valence-corrected chi connectivity index (χ3v) is 7.06. The Morgan fingerprint density at radius 3 is 2.57 bits per heavy atom. The highest BCUT2D eigenvalue weighted by atomic mass is 16.5. The Labute approximate surface area is 215 Å². The first-order valence-corrected chi connectivity index (χ1v) is 12.3. The predicted molar refractivity (Wildman–Crippen MR) is 141 cm³/mol. The topological polar surface area (TPSA) is 93.9 Å². The molecule has 0 saturated carbocycles. The molecule has 3 aromatic carbocycles. The summed E-state index contributed by atoms with van der Waals surface area (Å²) in [6, 6.07) is 20.7. The number of benzene rings is 3. The van der Waals surface area contributed by atoms with E-state index in [2.05, 4.69) is 0 Å². The number of carbonyl (C=O) groups is 2. The van der Waals surface area contributed by atoms with Gasteiger partial charge in [0.25, 0.3) is 0 Å². The van der Waals surface area contributed by atoms with Crippen molar-refractivity contribution in [3.63, 3.8) is 0 Å². The van der Waals surface area contributed by atoms with Crippen LogP contribution in [0, 0.1) is 0 Å². The standard InChI is InChI=1S/C29H29N3O5/c1-18-12-13-22-24(31(18)29(35)37-3)14-15-25-27(22)30-26(32(25)20-10-7-11-21(16-20)36-2)17-23(28(33)34)19-8-5-4-6-9-19/h4-11,14-16,18,23H,12-13,17H2,1-3H3,(H,33,34)/t18-,23+/m0/s1. The molecule has 1 N–H and O–H groups in total. The van der Waals surface area contributed by atoms with E-state index in [1.165, 1.54) is 7.11 Å². The van der Waals surface area contributed by atoms with Gasteiger partial charge >= 0.3 is 12.1 Å². The molecule has 1 aliphatic rings. The van der Waals surface area contributed by atoms with Gasteiger partial charge in [-0.05, 0) is 49.6 Å². The zero-order valence-corrected chi connectivity index (χ0v) is 21.0. The monoisotopic (exact) mass is 499 g/mol. The number of hydrogen-bond acceptors (Lipinski definition) is 5. The Hall–Kier alpha value is -4.33. The molecule has 1 aliphatic heterocycles. The SMILES string of the molecule is COC(=O)N1c2ccc3c(nc(C[C@@H](C(=O)O)c4ccccc4)n3-c3cccc(OC)c3)c2CC[C@@H]1C. The number of aryl methyl sites for hydroxylation is 1. The average Bonchev–Trinajstić information content (AvgIpc) is 3.30. The maximum atomic E-state index is 12.6. The number of rotatable bonds is 6. The molecule has 4 aromatic rings. The number of hydrogen-bond donors (Lipinski definition) is 1. The molecule has 8 nitrogen and oxygen atoms in total. The predicted octanol–water partition coefficient (Wildman–Crippen LogP) is 5.35. The molecule has 5 rings (SSSR count). The van der Waals surface area contributed by atoms with E-state index in [0.29, 0.717) is 17.1 Å². The summed E-state index contributed by atoms with van der Waals surface area (Å²) in [5, 5.41) is 10.1. The van der Waals surface area contributed by atoms with Crippen LogP contribution in [0.2, 0.25) is 0 Å². The average molecular weight is 500 g/mol. The van der Waals surface area contributed by atoms with E-state index < -0.39 is 18.0 Å². The molecule has 1 amide bonds. The van der Waals surface area contributed by atoms with Gasteiger partial charge in [-0.25, -0.2) is 9.78 Å². The van der Waals surface area contributed by atoms with Crippen LogP contribution in [0.25, 0.3) is 16.7 Å². The maximum Gasteiger partial charge on any atom is 0.414 e. The van der Waals surface area contributed by atoms with E-state index in [-0.39, 0.29) is 12.5 Å². The summed E-state index contributed by atoms with van der Waals surface area (Å²) in [5.74, 6) is -0.379. The summed E-state index contributed by atoms with van der Waals surface area (Å²) in [7, 11) is 2.99. The lowest BCUT2D eigenvalue weighted by molar-refractivity contribution is -0.138. The molecule has 0 spiro atoms. The molecule has 0 saturated heterocycles. The number of methoxy groups -OCH3 is 2. The molecule has 8 heteroatoms. The smallest absolute Gasteiger partial charge is 0.414 e. The minimum Gasteiger partial charge on any atom is -0.497 e. The van der Waals surface area contributed by atoms with E-state index in [4.69, 9.17) is 14.5 Å². The zero-order valence-electron chi connectivity index (χ0n) is 21.0. The number of fused-ring (bicyclic) bond motifs is 3. The Morgan fingerprint density at radius 1 is 1.08 bits per heavy atom. The van der Waals surface area contributed by atoms with Gasteiger partial charge in [-0.1, -0.05) is 36.4 Å². The maximum absolute atomic E-state index is 12.6. The molecule has 0 radical (unpaired) electrons. The quantitative estimate of drug-likeness (QED) is 0.384. The van der Waals surface area contributed by atoms with Gasteiger partial charge in [-0.3, -0.25) is 14.3 Å². The van der Waals surface area contributed by atoms with Crippen LogP contribution in [0.3, 0.4) is 0 Å². The van der Waals surface area contributed by atoms with Crippen LogP contribution in [-0.2, 0) is 22.4 Å². The molecule has 190 valence electrons. The number of carboxylic acid groups (broad SMARTS) is 1. The van der Waals surface area contributed by atoms with Crippen molar-refractivity contribution in [2.75, 3.05) is 19.1 Å².